The van der Waals surface area contributed by atoms with Crippen molar-refractivity contribution in [1.29, 1.82) is 0 Å². The summed E-state index contributed by atoms with van der Waals surface area (Å²) in [6, 6.07) is 7.44. The molecule has 8 nitrogen and oxygen atoms in total. The topological polar surface area (TPSA) is 97.3 Å². The van der Waals surface area contributed by atoms with E-state index in [1.165, 1.54) is 12.1 Å². The summed E-state index contributed by atoms with van der Waals surface area (Å²) >= 11 is 0. The van der Waals surface area contributed by atoms with Gasteiger partial charge in [-0.05, 0) is 31.9 Å². The zero-order valence-corrected chi connectivity index (χ0v) is 14.7. The summed E-state index contributed by atoms with van der Waals surface area (Å²) in [5, 5.41) is 10.4. The second kappa shape index (κ2) is 7.18. The van der Waals surface area contributed by atoms with Gasteiger partial charge in [0.2, 0.25) is 11.7 Å². The molecule has 4 rings (SSSR count). The number of aromatic nitrogens is 3. The summed E-state index contributed by atoms with van der Waals surface area (Å²) in [7, 11) is 0. The van der Waals surface area contributed by atoms with Crippen molar-refractivity contribution in [1.82, 2.24) is 20.2 Å². The van der Waals surface area contributed by atoms with Gasteiger partial charge in [-0.25, -0.2) is 9.18 Å². The number of carbonyl (C=O) groups is 1. The molecule has 1 aliphatic rings. The number of urea groups is 1. The molecule has 0 radical (unpaired) electrons. The van der Waals surface area contributed by atoms with Crippen molar-refractivity contribution in [3.8, 4) is 11.4 Å². The van der Waals surface area contributed by atoms with Gasteiger partial charge >= 0.3 is 6.03 Å². The monoisotopic (exact) mass is 371 g/mol. The first-order valence-corrected chi connectivity index (χ1v) is 8.67. The van der Waals surface area contributed by atoms with E-state index in [0.29, 0.717) is 41.9 Å². The van der Waals surface area contributed by atoms with Gasteiger partial charge < -0.3 is 13.9 Å². The normalized spacial score (nSPS) is 17.1. The third-order valence-corrected chi connectivity index (χ3v) is 4.45. The van der Waals surface area contributed by atoms with Crippen molar-refractivity contribution < 1.29 is 18.2 Å². The van der Waals surface area contributed by atoms with E-state index in [1.54, 1.807) is 30.0 Å². The molecule has 0 saturated carbocycles. The van der Waals surface area contributed by atoms with Crippen LogP contribution >= 0.6 is 0 Å². The molecule has 9 heteroatoms. The van der Waals surface area contributed by atoms with Crippen molar-refractivity contribution in [2.45, 2.75) is 25.7 Å². The van der Waals surface area contributed by atoms with Crippen molar-refractivity contribution in [2.75, 3.05) is 18.4 Å². The third kappa shape index (κ3) is 3.81. The summed E-state index contributed by atoms with van der Waals surface area (Å²) in [6.07, 6.45) is 1.64. The largest absolute Gasteiger partial charge is 0.360 e. The molecule has 3 aromatic rings. The van der Waals surface area contributed by atoms with E-state index in [4.69, 9.17) is 9.05 Å². The van der Waals surface area contributed by atoms with Crippen molar-refractivity contribution >= 4 is 11.8 Å². The van der Waals surface area contributed by atoms with Crippen LogP contribution in [0.25, 0.3) is 11.4 Å². The lowest BCUT2D eigenvalue weighted by Crippen LogP contribution is -2.41. The van der Waals surface area contributed by atoms with Crippen LogP contribution in [0.2, 0.25) is 0 Å². The molecule has 0 bridgehead atoms. The fraction of sp³-hybridized carbons (Fsp3) is 0.333. The Morgan fingerprint density at radius 1 is 1.30 bits per heavy atom. The van der Waals surface area contributed by atoms with Gasteiger partial charge in [0, 0.05) is 24.7 Å². The van der Waals surface area contributed by atoms with Gasteiger partial charge in [-0.2, -0.15) is 4.98 Å². The molecule has 0 spiro atoms. The summed E-state index contributed by atoms with van der Waals surface area (Å²) in [5.74, 6) is 1.36. The molecule has 3 heterocycles. The zero-order valence-electron chi connectivity index (χ0n) is 14.7. The van der Waals surface area contributed by atoms with Gasteiger partial charge in [0.15, 0.2) is 5.82 Å². The van der Waals surface area contributed by atoms with Crippen LogP contribution in [0.4, 0.5) is 15.0 Å². The van der Waals surface area contributed by atoms with Crippen LogP contribution in [0.5, 0.6) is 0 Å². The van der Waals surface area contributed by atoms with Crippen LogP contribution in [0, 0.1) is 12.7 Å². The Balaban J connectivity index is 1.44. The second-order valence-electron chi connectivity index (χ2n) is 6.50. The minimum Gasteiger partial charge on any atom is -0.360 e. The Labute approximate surface area is 154 Å². The molecular weight excluding hydrogens is 353 g/mol. The van der Waals surface area contributed by atoms with E-state index in [1.807, 2.05) is 0 Å². The number of amides is 2. The zero-order chi connectivity index (χ0) is 18.8. The molecule has 0 unspecified atom stereocenters. The number of nitrogens with one attached hydrogen (secondary N) is 1. The number of halogens is 1. The molecule has 1 aromatic carbocycles. The maximum absolute atomic E-state index is 13.4. The number of rotatable bonds is 3. The van der Waals surface area contributed by atoms with E-state index >= 15 is 0 Å². The number of nitrogens with zero attached hydrogens (tertiary/aromatic N) is 4. The molecule has 1 saturated heterocycles. The van der Waals surface area contributed by atoms with Gasteiger partial charge in [0.05, 0.1) is 5.92 Å². The average molecular weight is 371 g/mol. The average Bonchev–Trinajstić information content (AvgIpc) is 3.31. The predicted molar refractivity (Wildman–Crippen MR) is 93.5 cm³/mol. The fourth-order valence-electron chi connectivity index (χ4n) is 3.12. The van der Waals surface area contributed by atoms with Gasteiger partial charge in [-0.3, -0.25) is 5.32 Å². The number of benzene rings is 1. The molecule has 27 heavy (non-hydrogen) atoms. The van der Waals surface area contributed by atoms with Gasteiger partial charge in [0.1, 0.15) is 11.6 Å². The van der Waals surface area contributed by atoms with E-state index < -0.39 is 0 Å². The molecule has 1 aliphatic heterocycles. The number of anilines is 1. The predicted octanol–water partition coefficient (Wildman–Crippen LogP) is 3.58. The Kier molecular flexibility index (Phi) is 4.57. The van der Waals surface area contributed by atoms with E-state index in [9.17, 15) is 9.18 Å². The molecule has 1 N–H and O–H groups in total. The highest BCUT2D eigenvalue weighted by molar-refractivity contribution is 5.88. The number of aryl methyl sites for hydroxylation is 1. The van der Waals surface area contributed by atoms with Crippen molar-refractivity contribution in [3.63, 3.8) is 0 Å². The maximum atomic E-state index is 13.4. The Morgan fingerprint density at radius 2 is 2.19 bits per heavy atom. The summed E-state index contributed by atoms with van der Waals surface area (Å²) in [4.78, 5) is 18.5. The Bertz CT molecular complexity index is 954. The highest BCUT2D eigenvalue weighted by Crippen LogP contribution is 2.28. The van der Waals surface area contributed by atoms with Crippen LogP contribution in [0.1, 0.15) is 30.4 Å². The smallest absolute Gasteiger partial charge is 0.323 e. The maximum Gasteiger partial charge on any atom is 0.323 e. The first kappa shape index (κ1) is 17.2. The fourth-order valence-corrected chi connectivity index (χ4v) is 3.12. The number of carbonyl (C=O) groups excluding carboxylic acids is 1. The highest BCUT2D eigenvalue weighted by atomic mass is 19.1. The van der Waals surface area contributed by atoms with Crippen LogP contribution in [-0.2, 0) is 0 Å². The molecular formula is C18H18FN5O3. The summed E-state index contributed by atoms with van der Waals surface area (Å²) in [5.41, 5.74) is 0.553. The minimum atomic E-state index is -0.359. The number of hydrogen-bond donors (Lipinski definition) is 1. The lowest BCUT2D eigenvalue weighted by atomic mass is 9.98. The number of piperidine rings is 1. The van der Waals surface area contributed by atoms with Crippen LogP contribution in [0.3, 0.4) is 0 Å². The van der Waals surface area contributed by atoms with Gasteiger partial charge in [-0.15, -0.1) is 0 Å². The van der Waals surface area contributed by atoms with Crippen LogP contribution in [-0.4, -0.2) is 39.3 Å². The van der Waals surface area contributed by atoms with Gasteiger partial charge in [0.25, 0.3) is 0 Å². The number of hydrogen-bond acceptors (Lipinski definition) is 6. The SMILES string of the molecule is Cc1cc(NC(=O)N2CCC[C@@H](c3nc(-c4cccc(F)c4)no3)C2)no1. The Hall–Kier alpha value is -3.23. The molecule has 2 amide bonds. The molecule has 2 aromatic heterocycles. The summed E-state index contributed by atoms with van der Waals surface area (Å²) < 4.78 is 23.7. The first-order valence-electron chi connectivity index (χ1n) is 8.67. The number of likely N-dealkylation sites (tertiary alicyclic amines) is 1. The second-order valence-corrected chi connectivity index (χ2v) is 6.50. The minimum absolute atomic E-state index is 0.0710. The summed E-state index contributed by atoms with van der Waals surface area (Å²) in [6.45, 7) is 2.84. The molecule has 140 valence electrons. The van der Waals surface area contributed by atoms with E-state index in [-0.39, 0.29) is 17.8 Å². The first-order chi connectivity index (χ1) is 13.1. The van der Waals surface area contributed by atoms with Crippen molar-refractivity contribution in [3.05, 3.63) is 47.8 Å². The third-order valence-electron chi connectivity index (χ3n) is 4.45. The van der Waals surface area contributed by atoms with Crippen molar-refractivity contribution in [2.24, 2.45) is 0 Å². The molecule has 0 aliphatic carbocycles. The van der Waals surface area contributed by atoms with E-state index in [2.05, 4.69) is 20.6 Å². The lowest BCUT2D eigenvalue weighted by Gasteiger charge is -2.30. The van der Waals surface area contributed by atoms with Crippen LogP contribution < -0.4 is 5.32 Å². The molecule has 1 atom stereocenters. The Morgan fingerprint density at radius 3 is 2.96 bits per heavy atom. The highest BCUT2D eigenvalue weighted by Gasteiger charge is 2.29. The van der Waals surface area contributed by atoms with E-state index in [0.717, 1.165) is 12.8 Å². The molecule has 1 fully saturated rings. The quantitative estimate of drug-likeness (QED) is 0.756. The van der Waals surface area contributed by atoms with Gasteiger partial charge in [-0.1, -0.05) is 22.4 Å². The standard InChI is InChI=1S/C18H18FN5O3/c1-11-8-15(22-26-11)20-18(25)24-7-3-5-13(10-24)17-21-16(23-27-17)12-4-2-6-14(19)9-12/h2,4,6,8-9,13H,3,5,7,10H2,1H3,(H,20,22,25)/t13-/m1/s1. The van der Waals surface area contributed by atoms with Crippen LogP contribution in [0.15, 0.2) is 39.4 Å². The lowest BCUT2D eigenvalue weighted by molar-refractivity contribution is 0.184.